The molecule has 1 heterocycles. The van der Waals surface area contributed by atoms with E-state index in [9.17, 15) is 0 Å². The molecule has 1 unspecified atom stereocenters. The summed E-state index contributed by atoms with van der Waals surface area (Å²) in [6.45, 7) is 5.92. The van der Waals surface area contributed by atoms with Crippen LogP contribution in [-0.4, -0.2) is 31.6 Å². The van der Waals surface area contributed by atoms with Crippen LogP contribution in [0.4, 0.5) is 0 Å². The quantitative estimate of drug-likeness (QED) is 0.917. The minimum absolute atomic E-state index is 0.413. The van der Waals surface area contributed by atoms with E-state index in [4.69, 9.17) is 0 Å². The van der Waals surface area contributed by atoms with Crippen LogP contribution in [0.3, 0.4) is 0 Å². The predicted octanol–water partition coefficient (Wildman–Crippen LogP) is 3.83. The zero-order valence-corrected chi connectivity index (χ0v) is 13.2. The van der Waals surface area contributed by atoms with Crippen molar-refractivity contribution in [1.82, 2.24) is 10.2 Å². The molecule has 2 aromatic rings. The molecule has 1 aliphatic rings. The van der Waals surface area contributed by atoms with Crippen LogP contribution < -0.4 is 5.32 Å². The van der Waals surface area contributed by atoms with Crippen molar-refractivity contribution in [2.45, 2.75) is 25.8 Å². The van der Waals surface area contributed by atoms with Gasteiger partial charge in [-0.15, -0.1) is 0 Å². The number of nitrogens with one attached hydrogen (secondary N) is 1. The van der Waals surface area contributed by atoms with Crippen LogP contribution in [0.2, 0.25) is 0 Å². The molecule has 0 saturated carbocycles. The predicted molar refractivity (Wildman–Crippen MR) is 90.6 cm³/mol. The average molecular weight is 282 g/mol. The Hall–Kier alpha value is -1.38. The molecule has 1 fully saturated rings. The Labute approximate surface area is 128 Å². The Morgan fingerprint density at radius 3 is 2.62 bits per heavy atom. The molecule has 2 nitrogen and oxygen atoms in total. The van der Waals surface area contributed by atoms with Crippen LogP contribution in [-0.2, 0) is 0 Å². The largest absolute Gasteiger partial charge is 0.310 e. The van der Waals surface area contributed by atoms with E-state index in [1.807, 2.05) is 0 Å². The van der Waals surface area contributed by atoms with Crippen molar-refractivity contribution in [1.29, 1.82) is 0 Å². The normalized spacial score (nSPS) is 19.0. The summed E-state index contributed by atoms with van der Waals surface area (Å²) in [5.41, 5.74) is 1.42. The van der Waals surface area contributed by atoms with Crippen LogP contribution in [0.5, 0.6) is 0 Å². The molecular weight excluding hydrogens is 256 g/mol. The molecule has 1 N–H and O–H groups in total. The van der Waals surface area contributed by atoms with Crippen LogP contribution in [0.1, 0.15) is 31.4 Å². The first-order valence-electron chi connectivity index (χ1n) is 8.13. The van der Waals surface area contributed by atoms with Gasteiger partial charge >= 0.3 is 0 Å². The third-order valence-electron chi connectivity index (χ3n) is 4.84. The molecule has 0 aliphatic carbocycles. The van der Waals surface area contributed by atoms with Crippen molar-refractivity contribution in [3.05, 3.63) is 48.0 Å². The van der Waals surface area contributed by atoms with Crippen molar-refractivity contribution in [2.75, 3.05) is 26.7 Å². The molecule has 1 aliphatic heterocycles. The fraction of sp³-hybridized carbons (Fsp3) is 0.474. The fourth-order valence-electron chi connectivity index (χ4n) is 3.35. The van der Waals surface area contributed by atoms with E-state index in [1.54, 1.807) is 0 Å². The number of benzene rings is 2. The molecule has 3 rings (SSSR count). The summed E-state index contributed by atoms with van der Waals surface area (Å²) >= 11 is 0. The monoisotopic (exact) mass is 282 g/mol. The summed E-state index contributed by atoms with van der Waals surface area (Å²) in [5.74, 6) is 0.832. The van der Waals surface area contributed by atoms with Gasteiger partial charge in [0.15, 0.2) is 0 Å². The lowest BCUT2D eigenvalue weighted by molar-refractivity contribution is 0.213. The third kappa shape index (κ3) is 3.45. The standard InChI is InChI=1S/C19H26N2/c1-15(20-14-16-10-12-21(2)13-11-16)18-9-5-7-17-6-3-4-8-19(17)18/h3-9,15-16,20H,10-14H2,1-2H3. The molecule has 1 saturated heterocycles. The summed E-state index contributed by atoms with van der Waals surface area (Å²) in [4.78, 5) is 2.44. The van der Waals surface area contributed by atoms with Gasteiger partial charge in [0.25, 0.3) is 0 Å². The average Bonchev–Trinajstić information content (AvgIpc) is 2.53. The lowest BCUT2D eigenvalue weighted by Gasteiger charge is -2.30. The summed E-state index contributed by atoms with van der Waals surface area (Å²) in [7, 11) is 2.22. The smallest absolute Gasteiger partial charge is 0.0298 e. The maximum absolute atomic E-state index is 3.76. The molecule has 0 amide bonds. The Kier molecular flexibility index (Phi) is 4.57. The van der Waals surface area contributed by atoms with E-state index >= 15 is 0 Å². The molecule has 0 bridgehead atoms. The highest BCUT2D eigenvalue weighted by molar-refractivity contribution is 5.86. The van der Waals surface area contributed by atoms with Crippen LogP contribution >= 0.6 is 0 Å². The summed E-state index contributed by atoms with van der Waals surface area (Å²) in [6.07, 6.45) is 2.65. The molecule has 1 atom stereocenters. The van der Waals surface area contributed by atoms with Gasteiger partial charge in [-0.3, -0.25) is 0 Å². The topological polar surface area (TPSA) is 15.3 Å². The van der Waals surface area contributed by atoms with Gasteiger partial charge in [0, 0.05) is 6.04 Å². The number of piperidine rings is 1. The van der Waals surface area contributed by atoms with Gasteiger partial charge in [-0.05, 0) is 68.7 Å². The second kappa shape index (κ2) is 6.59. The fourth-order valence-corrected chi connectivity index (χ4v) is 3.35. The lowest BCUT2D eigenvalue weighted by Crippen LogP contribution is -2.35. The molecule has 21 heavy (non-hydrogen) atoms. The number of hydrogen-bond donors (Lipinski definition) is 1. The first-order valence-corrected chi connectivity index (χ1v) is 8.13. The highest BCUT2D eigenvalue weighted by atomic mass is 15.1. The van der Waals surface area contributed by atoms with Gasteiger partial charge in [0.05, 0.1) is 0 Å². The van der Waals surface area contributed by atoms with Crippen LogP contribution in [0, 0.1) is 5.92 Å². The number of nitrogens with zero attached hydrogens (tertiary/aromatic N) is 1. The first-order chi connectivity index (χ1) is 10.2. The van der Waals surface area contributed by atoms with Crippen LogP contribution in [0.15, 0.2) is 42.5 Å². The second-order valence-electron chi connectivity index (χ2n) is 6.44. The first kappa shape index (κ1) is 14.6. The Morgan fingerprint density at radius 1 is 1.10 bits per heavy atom. The van der Waals surface area contributed by atoms with Crippen molar-refractivity contribution < 1.29 is 0 Å². The number of hydrogen-bond acceptors (Lipinski definition) is 2. The second-order valence-corrected chi connectivity index (χ2v) is 6.44. The zero-order chi connectivity index (χ0) is 14.7. The van der Waals surface area contributed by atoms with E-state index in [1.165, 1.54) is 42.3 Å². The highest BCUT2D eigenvalue weighted by Crippen LogP contribution is 2.24. The Bertz CT molecular complexity index is 580. The van der Waals surface area contributed by atoms with Crippen molar-refractivity contribution in [3.63, 3.8) is 0 Å². The maximum Gasteiger partial charge on any atom is 0.0298 e. The van der Waals surface area contributed by atoms with E-state index in [-0.39, 0.29) is 0 Å². The van der Waals surface area contributed by atoms with Gasteiger partial charge in [-0.2, -0.15) is 0 Å². The minimum atomic E-state index is 0.413. The van der Waals surface area contributed by atoms with Gasteiger partial charge in [0.2, 0.25) is 0 Å². The van der Waals surface area contributed by atoms with Crippen molar-refractivity contribution in [3.8, 4) is 0 Å². The Balaban J connectivity index is 1.65. The highest BCUT2D eigenvalue weighted by Gasteiger charge is 2.17. The van der Waals surface area contributed by atoms with Gasteiger partial charge in [-0.1, -0.05) is 42.5 Å². The summed E-state index contributed by atoms with van der Waals surface area (Å²) < 4.78 is 0. The lowest BCUT2D eigenvalue weighted by atomic mass is 9.95. The van der Waals surface area contributed by atoms with E-state index in [2.05, 4.69) is 66.7 Å². The minimum Gasteiger partial charge on any atom is -0.310 e. The van der Waals surface area contributed by atoms with Crippen LogP contribution in [0.25, 0.3) is 10.8 Å². The van der Waals surface area contributed by atoms with Gasteiger partial charge in [-0.25, -0.2) is 0 Å². The summed E-state index contributed by atoms with van der Waals surface area (Å²) in [5, 5.41) is 6.47. The van der Waals surface area contributed by atoms with E-state index in [0.29, 0.717) is 6.04 Å². The molecular formula is C19H26N2. The zero-order valence-electron chi connectivity index (χ0n) is 13.2. The third-order valence-corrected chi connectivity index (χ3v) is 4.84. The molecule has 0 spiro atoms. The molecule has 0 aromatic heterocycles. The Morgan fingerprint density at radius 2 is 1.81 bits per heavy atom. The number of fused-ring (bicyclic) bond motifs is 1. The molecule has 2 heteroatoms. The van der Waals surface area contributed by atoms with E-state index in [0.717, 1.165) is 12.5 Å². The molecule has 2 aromatic carbocycles. The van der Waals surface area contributed by atoms with Gasteiger partial charge in [0.1, 0.15) is 0 Å². The van der Waals surface area contributed by atoms with E-state index < -0.39 is 0 Å². The molecule has 0 radical (unpaired) electrons. The van der Waals surface area contributed by atoms with Crippen molar-refractivity contribution >= 4 is 10.8 Å². The van der Waals surface area contributed by atoms with Gasteiger partial charge < -0.3 is 10.2 Å². The number of rotatable bonds is 4. The molecule has 112 valence electrons. The summed E-state index contributed by atoms with van der Waals surface area (Å²) in [6, 6.07) is 15.7. The SMILES string of the molecule is CC(NCC1CCN(C)CC1)c1cccc2ccccc12. The van der Waals surface area contributed by atoms with Crippen molar-refractivity contribution in [2.24, 2.45) is 5.92 Å². The number of likely N-dealkylation sites (tertiary alicyclic amines) is 1. The maximum atomic E-state index is 3.76.